The molecule has 1 amide bonds. The van der Waals surface area contributed by atoms with E-state index < -0.39 is 11.2 Å². The molecule has 1 aromatic heterocycles. The van der Waals surface area contributed by atoms with Crippen LogP contribution < -0.4 is 4.90 Å². The maximum absolute atomic E-state index is 13.3. The van der Waals surface area contributed by atoms with E-state index in [0.29, 0.717) is 24.0 Å². The number of anilines is 1. The second kappa shape index (κ2) is 9.13. The summed E-state index contributed by atoms with van der Waals surface area (Å²) in [4.78, 5) is 27.0. The number of carbonyl (C=O) groups is 2. The minimum Gasteiger partial charge on any atom is -0.465 e. The molecule has 0 fully saturated rings. The number of hydrogen-bond donors (Lipinski definition) is 0. The zero-order chi connectivity index (χ0) is 20.9. The lowest BCUT2D eigenvalue weighted by Gasteiger charge is -2.24. The fraction of sp³-hybridized carbons (Fsp3) is 0.273. The van der Waals surface area contributed by atoms with Gasteiger partial charge in [0, 0.05) is 11.3 Å². The van der Waals surface area contributed by atoms with Crippen LogP contribution in [0, 0.1) is 0 Å². The Morgan fingerprint density at radius 2 is 1.93 bits per heavy atom. The zero-order valence-corrected chi connectivity index (χ0v) is 17.3. The first kappa shape index (κ1) is 20.2. The third-order valence-corrected chi connectivity index (χ3v) is 5.85. The molecule has 1 aliphatic rings. The van der Waals surface area contributed by atoms with Crippen molar-refractivity contribution in [1.82, 2.24) is 10.2 Å². The minimum absolute atomic E-state index is 0.125. The smallest absolute Gasteiger partial charge is 0.326 e. The second-order valence-corrected chi connectivity index (χ2v) is 7.90. The molecule has 0 N–H and O–H groups in total. The molecule has 0 aliphatic carbocycles. The van der Waals surface area contributed by atoms with Crippen LogP contribution in [0.5, 0.6) is 0 Å². The van der Waals surface area contributed by atoms with Crippen molar-refractivity contribution in [2.45, 2.75) is 30.2 Å². The minimum atomic E-state index is -0.448. The van der Waals surface area contributed by atoms with Crippen molar-refractivity contribution in [3.05, 3.63) is 60.2 Å². The average molecular weight is 423 g/mol. The molecule has 154 valence electrons. The van der Waals surface area contributed by atoms with Crippen LogP contribution in [0.25, 0.3) is 11.5 Å². The predicted molar refractivity (Wildman–Crippen MR) is 113 cm³/mol. The van der Waals surface area contributed by atoms with Crippen LogP contribution in [0.15, 0.2) is 64.2 Å². The Morgan fingerprint density at radius 3 is 2.73 bits per heavy atom. The summed E-state index contributed by atoms with van der Waals surface area (Å²) in [5.74, 6) is -0.196. The zero-order valence-electron chi connectivity index (χ0n) is 16.5. The average Bonchev–Trinajstić information content (AvgIpc) is 3.20. The topological polar surface area (TPSA) is 85.5 Å². The molecule has 3 aromatic rings. The van der Waals surface area contributed by atoms with E-state index in [-0.39, 0.29) is 19.1 Å². The maximum Gasteiger partial charge on any atom is 0.326 e. The Labute approximate surface area is 178 Å². The van der Waals surface area contributed by atoms with Crippen molar-refractivity contribution in [2.24, 2.45) is 0 Å². The van der Waals surface area contributed by atoms with E-state index in [1.54, 1.807) is 6.92 Å². The standard InChI is InChI=1S/C22H21N3O4S/c1-2-28-19(26)14-25-17-11-7-6-8-15(17)12-13-18(21(25)27)30-22-24-23-20(29-22)16-9-4-3-5-10-16/h3-11,18H,2,12-14H2,1H3. The second-order valence-electron chi connectivity index (χ2n) is 6.74. The van der Waals surface area contributed by atoms with Gasteiger partial charge < -0.3 is 9.15 Å². The summed E-state index contributed by atoms with van der Waals surface area (Å²) in [6, 6.07) is 17.1. The van der Waals surface area contributed by atoms with E-state index in [1.807, 2.05) is 54.6 Å². The predicted octanol–water partition coefficient (Wildman–Crippen LogP) is 3.74. The number of aryl methyl sites for hydroxylation is 1. The maximum atomic E-state index is 13.3. The molecule has 7 nitrogen and oxygen atoms in total. The number of ether oxygens (including phenoxy) is 1. The van der Waals surface area contributed by atoms with Gasteiger partial charge in [-0.2, -0.15) is 0 Å². The molecule has 2 heterocycles. The van der Waals surface area contributed by atoms with Crippen LogP contribution in [0.2, 0.25) is 0 Å². The fourth-order valence-electron chi connectivity index (χ4n) is 3.37. The molecule has 30 heavy (non-hydrogen) atoms. The Kier molecular flexibility index (Phi) is 6.13. The first-order chi connectivity index (χ1) is 14.7. The van der Waals surface area contributed by atoms with Crippen LogP contribution >= 0.6 is 11.8 Å². The number of nitrogens with zero attached hydrogens (tertiary/aromatic N) is 3. The number of hydrogen-bond acceptors (Lipinski definition) is 7. The molecular weight excluding hydrogens is 402 g/mol. The lowest BCUT2D eigenvalue weighted by Crippen LogP contribution is -2.41. The van der Waals surface area contributed by atoms with Gasteiger partial charge in [0.15, 0.2) is 0 Å². The fourth-order valence-corrected chi connectivity index (χ4v) is 4.29. The molecule has 0 saturated heterocycles. The number of benzene rings is 2. The summed E-state index contributed by atoms with van der Waals surface area (Å²) >= 11 is 1.23. The van der Waals surface area contributed by atoms with Gasteiger partial charge in [0.1, 0.15) is 6.54 Å². The van der Waals surface area contributed by atoms with Crippen molar-refractivity contribution in [3.8, 4) is 11.5 Å². The van der Waals surface area contributed by atoms with Gasteiger partial charge >= 0.3 is 5.97 Å². The summed E-state index contributed by atoms with van der Waals surface area (Å²) in [7, 11) is 0. The molecule has 1 aliphatic heterocycles. The largest absolute Gasteiger partial charge is 0.465 e. The number of carbonyl (C=O) groups excluding carboxylic acids is 2. The van der Waals surface area contributed by atoms with Gasteiger partial charge in [0.2, 0.25) is 11.8 Å². The molecular formula is C22H21N3O4S. The molecule has 1 atom stereocenters. The number of thioether (sulfide) groups is 1. The van der Waals surface area contributed by atoms with Gasteiger partial charge in [-0.25, -0.2) is 0 Å². The van der Waals surface area contributed by atoms with Crippen molar-refractivity contribution in [3.63, 3.8) is 0 Å². The highest BCUT2D eigenvalue weighted by molar-refractivity contribution is 8.00. The summed E-state index contributed by atoms with van der Waals surface area (Å²) < 4.78 is 10.8. The van der Waals surface area contributed by atoms with Gasteiger partial charge in [-0.1, -0.05) is 48.2 Å². The third kappa shape index (κ3) is 4.38. The normalized spacial score (nSPS) is 16.1. The number of fused-ring (bicyclic) bond motifs is 1. The van der Waals surface area contributed by atoms with Gasteiger partial charge in [-0.05, 0) is 43.5 Å². The number of aromatic nitrogens is 2. The van der Waals surface area contributed by atoms with Crippen molar-refractivity contribution >= 4 is 29.3 Å². The van der Waals surface area contributed by atoms with E-state index in [4.69, 9.17) is 9.15 Å². The van der Waals surface area contributed by atoms with Crippen molar-refractivity contribution in [1.29, 1.82) is 0 Å². The molecule has 0 spiro atoms. The number of amides is 1. The lowest BCUT2D eigenvalue weighted by atomic mass is 10.1. The number of esters is 1. The molecule has 1 unspecified atom stereocenters. The third-order valence-electron chi connectivity index (χ3n) is 4.76. The monoisotopic (exact) mass is 423 g/mol. The highest BCUT2D eigenvalue weighted by atomic mass is 32.2. The van der Waals surface area contributed by atoms with Crippen LogP contribution in [0.4, 0.5) is 5.69 Å². The SMILES string of the molecule is CCOC(=O)CN1C(=O)C(Sc2nnc(-c3ccccc3)o2)CCc2ccccc21. The lowest BCUT2D eigenvalue weighted by molar-refractivity contribution is -0.142. The van der Waals surface area contributed by atoms with E-state index in [1.165, 1.54) is 16.7 Å². The quantitative estimate of drug-likeness (QED) is 0.558. The van der Waals surface area contributed by atoms with Crippen molar-refractivity contribution in [2.75, 3.05) is 18.1 Å². The van der Waals surface area contributed by atoms with E-state index in [2.05, 4.69) is 10.2 Å². The molecule has 2 aromatic carbocycles. The Balaban J connectivity index is 1.56. The van der Waals surface area contributed by atoms with E-state index in [0.717, 1.165) is 16.8 Å². The van der Waals surface area contributed by atoms with E-state index in [9.17, 15) is 9.59 Å². The van der Waals surface area contributed by atoms with E-state index >= 15 is 0 Å². The van der Waals surface area contributed by atoms with Crippen LogP contribution in [-0.2, 0) is 20.7 Å². The molecule has 0 bridgehead atoms. The number of para-hydroxylation sites is 1. The van der Waals surface area contributed by atoms with Crippen LogP contribution in [0.1, 0.15) is 18.9 Å². The number of rotatable bonds is 6. The van der Waals surface area contributed by atoms with Gasteiger partial charge in [-0.3, -0.25) is 14.5 Å². The first-order valence-electron chi connectivity index (χ1n) is 9.76. The Hall–Kier alpha value is -3.13. The van der Waals surface area contributed by atoms with Gasteiger partial charge in [0.25, 0.3) is 5.22 Å². The summed E-state index contributed by atoms with van der Waals surface area (Å²) in [6.07, 6.45) is 1.31. The van der Waals surface area contributed by atoms with Crippen LogP contribution in [0.3, 0.4) is 0 Å². The molecule has 0 radical (unpaired) electrons. The molecule has 4 rings (SSSR count). The highest BCUT2D eigenvalue weighted by Gasteiger charge is 2.33. The summed E-state index contributed by atoms with van der Waals surface area (Å²) in [5.41, 5.74) is 2.59. The first-order valence-corrected chi connectivity index (χ1v) is 10.6. The molecule has 8 heteroatoms. The summed E-state index contributed by atoms with van der Waals surface area (Å²) in [5, 5.41) is 8.08. The Morgan fingerprint density at radius 1 is 1.17 bits per heavy atom. The van der Waals surface area contributed by atoms with Crippen molar-refractivity contribution < 1.29 is 18.7 Å². The van der Waals surface area contributed by atoms with Gasteiger partial charge in [0.05, 0.1) is 11.9 Å². The highest BCUT2D eigenvalue weighted by Crippen LogP contribution is 2.35. The molecule has 0 saturated carbocycles. The Bertz CT molecular complexity index is 1040. The van der Waals surface area contributed by atoms with Crippen LogP contribution in [-0.4, -0.2) is 40.5 Å². The summed E-state index contributed by atoms with van der Waals surface area (Å²) in [6.45, 7) is 1.89. The van der Waals surface area contributed by atoms with Gasteiger partial charge in [-0.15, -0.1) is 10.2 Å².